The van der Waals surface area contributed by atoms with Crippen LogP contribution in [-0.4, -0.2) is 16.8 Å². The van der Waals surface area contributed by atoms with Crippen LogP contribution < -0.4 is 0 Å². The molecule has 0 aromatic carbocycles. The zero-order valence-electron chi connectivity index (χ0n) is 6.78. The molecular formula is C7H17ClS. The first-order chi connectivity index (χ1) is 4.06. The molecule has 0 fully saturated rings. The predicted molar refractivity (Wildman–Crippen MR) is 49.7 cm³/mol. The molecule has 0 N–H and O–H groups in total. The Morgan fingerprint density at radius 3 is 1.56 bits per heavy atom. The molecule has 0 aliphatic rings. The molecule has 0 heterocycles. The summed E-state index contributed by atoms with van der Waals surface area (Å²) in [6, 6.07) is 0. The van der Waals surface area contributed by atoms with Crippen LogP contribution >= 0.6 is 19.9 Å². The Morgan fingerprint density at radius 2 is 1.56 bits per heavy atom. The van der Waals surface area contributed by atoms with Crippen molar-refractivity contribution < 1.29 is 0 Å². The van der Waals surface area contributed by atoms with Gasteiger partial charge in [-0.15, -0.1) is 0 Å². The monoisotopic (exact) mass is 168 g/mol. The van der Waals surface area contributed by atoms with E-state index in [2.05, 4.69) is 27.7 Å². The third-order valence-electron chi connectivity index (χ3n) is 1.80. The molecule has 0 aromatic heterocycles. The van der Waals surface area contributed by atoms with Gasteiger partial charge in [0, 0.05) is 0 Å². The lowest BCUT2D eigenvalue weighted by Crippen LogP contribution is -2.09. The van der Waals surface area contributed by atoms with Gasteiger partial charge in [-0.25, -0.2) is 0 Å². The Morgan fingerprint density at radius 1 is 1.22 bits per heavy atom. The van der Waals surface area contributed by atoms with Crippen LogP contribution in [0.2, 0.25) is 0 Å². The van der Waals surface area contributed by atoms with E-state index in [1.165, 1.54) is 0 Å². The zero-order valence-corrected chi connectivity index (χ0v) is 8.35. The molecule has 0 bridgehead atoms. The van der Waals surface area contributed by atoms with Crippen molar-refractivity contribution in [2.45, 2.75) is 32.9 Å². The summed E-state index contributed by atoms with van der Waals surface area (Å²) in [7, 11) is 5.57. The SMILES string of the molecule is CCS(Cl)(CC)C(C)C. The molecule has 0 atom stereocenters. The quantitative estimate of drug-likeness (QED) is 0.606. The van der Waals surface area contributed by atoms with E-state index in [4.69, 9.17) is 10.7 Å². The minimum Gasteiger partial charge on any atom is -0.161 e. The fourth-order valence-corrected chi connectivity index (χ4v) is 2.61. The first-order valence-electron chi connectivity index (χ1n) is 3.54. The average molecular weight is 169 g/mol. The number of hydrogen-bond acceptors (Lipinski definition) is 0. The van der Waals surface area contributed by atoms with Crippen molar-refractivity contribution in [1.82, 2.24) is 0 Å². The highest BCUT2D eigenvalue weighted by Gasteiger charge is 2.19. The first kappa shape index (κ1) is 9.64. The van der Waals surface area contributed by atoms with E-state index in [0.29, 0.717) is 5.25 Å². The van der Waals surface area contributed by atoms with E-state index in [0.717, 1.165) is 11.5 Å². The molecule has 9 heavy (non-hydrogen) atoms. The van der Waals surface area contributed by atoms with Crippen LogP contribution in [0.4, 0.5) is 0 Å². The van der Waals surface area contributed by atoms with Gasteiger partial charge >= 0.3 is 0 Å². The second-order valence-corrected chi connectivity index (χ2v) is 8.10. The molecular weight excluding hydrogens is 152 g/mol. The minimum absolute atomic E-state index is 0.675. The summed E-state index contributed by atoms with van der Waals surface area (Å²) in [6.45, 7) is 8.81. The van der Waals surface area contributed by atoms with E-state index < -0.39 is 9.24 Å². The summed E-state index contributed by atoms with van der Waals surface area (Å²) in [5.74, 6) is 2.31. The van der Waals surface area contributed by atoms with Crippen LogP contribution in [0.25, 0.3) is 0 Å². The molecule has 0 aliphatic carbocycles. The molecule has 0 radical (unpaired) electrons. The molecule has 0 nitrogen and oxygen atoms in total. The summed E-state index contributed by atoms with van der Waals surface area (Å²) < 4.78 is 0. The Hall–Kier alpha value is 0.640. The highest BCUT2D eigenvalue weighted by Crippen LogP contribution is 2.56. The Bertz CT molecular complexity index is 77.0. The third-order valence-corrected chi connectivity index (χ3v) is 7.79. The topological polar surface area (TPSA) is 0 Å². The van der Waals surface area contributed by atoms with Gasteiger partial charge in [-0.1, -0.05) is 38.4 Å². The van der Waals surface area contributed by atoms with Gasteiger partial charge in [-0.3, -0.25) is 0 Å². The van der Waals surface area contributed by atoms with Crippen LogP contribution in [0.5, 0.6) is 0 Å². The van der Waals surface area contributed by atoms with Crippen molar-refractivity contribution in [2.75, 3.05) is 11.5 Å². The zero-order chi connectivity index (χ0) is 7.49. The van der Waals surface area contributed by atoms with Crippen molar-refractivity contribution in [1.29, 1.82) is 0 Å². The summed E-state index contributed by atoms with van der Waals surface area (Å²) in [6.07, 6.45) is 0. The lowest BCUT2D eigenvalue weighted by atomic mass is 10.6. The van der Waals surface area contributed by atoms with Crippen molar-refractivity contribution in [3.05, 3.63) is 0 Å². The highest BCUT2D eigenvalue weighted by molar-refractivity contribution is 8.51. The Balaban J connectivity index is 3.92. The normalized spacial score (nSPS) is 14.4. The van der Waals surface area contributed by atoms with Crippen molar-refractivity contribution >= 4 is 19.9 Å². The maximum absolute atomic E-state index is 6.33. The van der Waals surface area contributed by atoms with Gasteiger partial charge < -0.3 is 0 Å². The van der Waals surface area contributed by atoms with Gasteiger partial charge in [-0.2, -0.15) is 9.24 Å². The van der Waals surface area contributed by atoms with Crippen LogP contribution in [0, 0.1) is 0 Å². The fourth-order valence-electron chi connectivity index (χ4n) is 0.871. The molecule has 58 valence electrons. The first-order valence-corrected chi connectivity index (χ1v) is 6.40. The molecule has 0 saturated heterocycles. The minimum atomic E-state index is -0.759. The van der Waals surface area contributed by atoms with E-state index in [-0.39, 0.29) is 0 Å². The van der Waals surface area contributed by atoms with Gasteiger partial charge in [0.1, 0.15) is 0 Å². The molecule has 0 saturated carbocycles. The lowest BCUT2D eigenvalue weighted by molar-refractivity contribution is 1.09. The van der Waals surface area contributed by atoms with Crippen LogP contribution in [-0.2, 0) is 0 Å². The van der Waals surface area contributed by atoms with E-state index in [1.807, 2.05) is 0 Å². The van der Waals surface area contributed by atoms with Crippen LogP contribution in [0.15, 0.2) is 0 Å². The standard InChI is InChI=1S/C7H17ClS/c1-5-9(8,6-2)7(3)4/h7H,5-6H2,1-4H3. The molecule has 0 aromatic rings. The Labute approximate surface area is 64.8 Å². The number of hydrogen-bond donors (Lipinski definition) is 0. The van der Waals surface area contributed by atoms with Gasteiger partial charge in [0.15, 0.2) is 0 Å². The summed E-state index contributed by atoms with van der Waals surface area (Å²) in [4.78, 5) is 0. The van der Waals surface area contributed by atoms with Crippen molar-refractivity contribution in [3.63, 3.8) is 0 Å². The van der Waals surface area contributed by atoms with Crippen LogP contribution in [0.1, 0.15) is 27.7 Å². The summed E-state index contributed by atoms with van der Waals surface area (Å²) >= 11 is 0. The maximum atomic E-state index is 6.33. The molecule has 0 amide bonds. The second kappa shape index (κ2) is 3.72. The van der Waals surface area contributed by atoms with E-state index in [9.17, 15) is 0 Å². The second-order valence-electron chi connectivity index (χ2n) is 2.47. The molecule has 2 heteroatoms. The van der Waals surface area contributed by atoms with E-state index in [1.54, 1.807) is 0 Å². The predicted octanol–water partition coefficient (Wildman–Crippen LogP) is 3.39. The molecule has 0 aliphatic heterocycles. The number of rotatable bonds is 3. The Kier molecular flexibility index (Phi) is 3.99. The average Bonchev–Trinajstić information content (AvgIpc) is 1.86. The molecule has 0 rings (SSSR count). The number of halogens is 1. The highest BCUT2D eigenvalue weighted by atomic mass is 35.7. The smallest absolute Gasteiger partial charge is 0.00429 e. The fraction of sp³-hybridized carbons (Fsp3) is 1.00. The van der Waals surface area contributed by atoms with Gasteiger partial charge in [-0.05, 0) is 16.8 Å². The summed E-state index contributed by atoms with van der Waals surface area (Å²) in [5, 5.41) is 0.675. The van der Waals surface area contributed by atoms with E-state index >= 15 is 0 Å². The third kappa shape index (κ3) is 2.38. The largest absolute Gasteiger partial charge is 0.161 e. The molecule has 0 spiro atoms. The van der Waals surface area contributed by atoms with Gasteiger partial charge in [0.25, 0.3) is 0 Å². The lowest BCUT2D eigenvalue weighted by Gasteiger charge is -2.34. The summed E-state index contributed by atoms with van der Waals surface area (Å²) in [5.41, 5.74) is 0. The van der Waals surface area contributed by atoms with Gasteiger partial charge in [0.05, 0.1) is 0 Å². The maximum Gasteiger partial charge on any atom is -0.00429 e. The molecule has 0 unspecified atom stereocenters. The van der Waals surface area contributed by atoms with Crippen LogP contribution in [0.3, 0.4) is 0 Å². The van der Waals surface area contributed by atoms with Gasteiger partial charge in [0.2, 0.25) is 0 Å². The van der Waals surface area contributed by atoms with Crippen molar-refractivity contribution in [2.24, 2.45) is 0 Å². The van der Waals surface area contributed by atoms with Crippen molar-refractivity contribution in [3.8, 4) is 0 Å².